The van der Waals surface area contributed by atoms with Crippen LogP contribution in [0.3, 0.4) is 0 Å². The van der Waals surface area contributed by atoms with E-state index in [4.69, 9.17) is 9.84 Å². The number of esters is 1. The Labute approximate surface area is 230 Å². The molecule has 0 heterocycles. The lowest BCUT2D eigenvalue weighted by molar-refractivity contribution is -0.153. The van der Waals surface area contributed by atoms with Crippen molar-refractivity contribution in [2.24, 2.45) is 5.92 Å². The number of carboxylic acid groups (broad SMARTS) is 1. The summed E-state index contributed by atoms with van der Waals surface area (Å²) >= 11 is 0. The number of hydrogen-bond acceptors (Lipinski definition) is 3. The monoisotopic (exact) mass is 522 g/mol. The van der Waals surface area contributed by atoms with Crippen LogP contribution in [0.15, 0.2) is 12.2 Å². The summed E-state index contributed by atoms with van der Waals surface area (Å²) in [5.41, 5.74) is 0. The van der Waals surface area contributed by atoms with E-state index in [1.807, 2.05) is 6.92 Å². The minimum Gasteiger partial charge on any atom is -0.481 e. The molecule has 4 nitrogen and oxygen atoms in total. The van der Waals surface area contributed by atoms with Gasteiger partial charge < -0.3 is 9.84 Å². The maximum atomic E-state index is 12.0. The highest BCUT2D eigenvalue weighted by Crippen LogP contribution is 2.18. The molecule has 218 valence electrons. The van der Waals surface area contributed by atoms with Gasteiger partial charge >= 0.3 is 11.9 Å². The predicted octanol–water partition coefficient (Wildman–Crippen LogP) is 10.6. The number of allylic oxidation sites excluding steroid dienone is 2. The molecular formula is C33H62O4. The van der Waals surface area contributed by atoms with Crippen LogP contribution in [-0.4, -0.2) is 23.7 Å². The summed E-state index contributed by atoms with van der Waals surface area (Å²) in [5.74, 6) is -1.74. The number of carboxylic acids is 1. The molecule has 0 aromatic rings. The van der Waals surface area contributed by atoms with Crippen LogP contribution in [-0.2, 0) is 14.3 Å². The molecule has 0 aromatic heterocycles. The summed E-state index contributed by atoms with van der Waals surface area (Å²) < 4.78 is 5.15. The maximum Gasteiger partial charge on any atom is 0.309 e. The molecule has 4 heteroatoms. The van der Waals surface area contributed by atoms with E-state index in [0.29, 0.717) is 13.0 Å². The van der Waals surface area contributed by atoms with Gasteiger partial charge in [0.25, 0.3) is 0 Å². The number of unbranched alkanes of at least 4 members (excludes halogenated alkanes) is 20. The zero-order valence-electron chi connectivity index (χ0n) is 24.8. The highest BCUT2D eigenvalue weighted by atomic mass is 16.5. The molecule has 0 bridgehead atoms. The molecule has 1 unspecified atom stereocenters. The molecule has 0 aromatic carbocycles. The first-order valence-corrected chi connectivity index (χ1v) is 16.1. The van der Waals surface area contributed by atoms with Gasteiger partial charge in [0.2, 0.25) is 0 Å². The number of aliphatic carboxylic acids is 1. The summed E-state index contributed by atoms with van der Waals surface area (Å²) in [6.07, 6.45) is 35.1. The van der Waals surface area contributed by atoms with Gasteiger partial charge in [0.1, 0.15) is 0 Å². The van der Waals surface area contributed by atoms with Crippen molar-refractivity contribution >= 4 is 11.9 Å². The quantitative estimate of drug-likeness (QED) is 0.0602. The number of hydrogen-bond donors (Lipinski definition) is 1. The van der Waals surface area contributed by atoms with Gasteiger partial charge in [0.05, 0.1) is 18.9 Å². The number of carbonyl (C=O) groups excluding carboxylic acids is 1. The second-order valence-corrected chi connectivity index (χ2v) is 11.0. The van der Waals surface area contributed by atoms with Crippen LogP contribution >= 0.6 is 0 Å². The SMILES string of the molecule is CCCCCCCCC/C=C/CCCCCCCCCCCCCCCC(CC(=O)O)C(=O)OCCC. The molecule has 0 spiro atoms. The fourth-order valence-electron chi connectivity index (χ4n) is 4.89. The van der Waals surface area contributed by atoms with Crippen molar-refractivity contribution in [1.29, 1.82) is 0 Å². The largest absolute Gasteiger partial charge is 0.481 e. The molecule has 0 aliphatic heterocycles. The third-order valence-electron chi connectivity index (χ3n) is 7.27. The molecule has 1 N–H and O–H groups in total. The van der Waals surface area contributed by atoms with Gasteiger partial charge in [0, 0.05) is 0 Å². The summed E-state index contributed by atoms with van der Waals surface area (Å²) in [5, 5.41) is 9.04. The fourth-order valence-corrected chi connectivity index (χ4v) is 4.89. The van der Waals surface area contributed by atoms with Crippen molar-refractivity contribution < 1.29 is 19.4 Å². The van der Waals surface area contributed by atoms with Crippen LogP contribution in [0.2, 0.25) is 0 Å². The van der Waals surface area contributed by atoms with Gasteiger partial charge in [-0.25, -0.2) is 0 Å². The third kappa shape index (κ3) is 27.5. The van der Waals surface area contributed by atoms with Gasteiger partial charge in [-0.1, -0.05) is 142 Å². The molecule has 0 amide bonds. The molecule has 0 fully saturated rings. The first-order valence-electron chi connectivity index (χ1n) is 16.1. The lowest BCUT2D eigenvalue weighted by Gasteiger charge is -2.13. The Hall–Kier alpha value is -1.32. The van der Waals surface area contributed by atoms with Gasteiger partial charge in [-0.3, -0.25) is 9.59 Å². The second-order valence-electron chi connectivity index (χ2n) is 11.0. The standard InChI is InChI=1S/C33H62O4/c1-3-5-6-7-8-9-10-11-12-13-14-15-16-17-18-19-20-21-22-23-24-25-26-27-28-31(30-32(34)35)33(36)37-29-4-2/h12-13,31H,3-11,14-30H2,1-2H3,(H,34,35)/b13-12+. The average molecular weight is 523 g/mol. The van der Waals surface area contributed by atoms with Crippen molar-refractivity contribution in [2.75, 3.05) is 6.61 Å². The Morgan fingerprint density at radius 3 is 1.41 bits per heavy atom. The van der Waals surface area contributed by atoms with Crippen LogP contribution in [0.1, 0.15) is 174 Å². The Kier molecular flexibility index (Phi) is 28.2. The van der Waals surface area contributed by atoms with Crippen LogP contribution in [0.4, 0.5) is 0 Å². The summed E-state index contributed by atoms with van der Waals surface area (Å²) in [6, 6.07) is 0. The summed E-state index contributed by atoms with van der Waals surface area (Å²) in [4.78, 5) is 23.0. The molecule has 0 aliphatic carbocycles. The number of rotatable bonds is 29. The van der Waals surface area contributed by atoms with Crippen molar-refractivity contribution in [2.45, 2.75) is 174 Å². The van der Waals surface area contributed by atoms with E-state index in [2.05, 4.69) is 19.1 Å². The Morgan fingerprint density at radius 2 is 1.00 bits per heavy atom. The first-order chi connectivity index (χ1) is 18.1. The van der Waals surface area contributed by atoms with Crippen molar-refractivity contribution in [3.63, 3.8) is 0 Å². The highest BCUT2D eigenvalue weighted by Gasteiger charge is 2.22. The van der Waals surface area contributed by atoms with Gasteiger partial charge in [0.15, 0.2) is 0 Å². The highest BCUT2D eigenvalue weighted by molar-refractivity contribution is 5.79. The molecule has 0 rings (SSSR count). The summed E-state index contributed by atoms with van der Waals surface area (Å²) in [6.45, 7) is 4.60. The van der Waals surface area contributed by atoms with Crippen LogP contribution < -0.4 is 0 Å². The van der Waals surface area contributed by atoms with E-state index in [0.717, 1.165) is 19.3 Å². The minimum absolute atomic E-state index is 0.112. The molecule has 0 aliphatic rings. The van der Waals surface area contributed by atoms with E-state index in [1.54, 1.807) is 0 Å². The van der Waals surface area contributed by atoms with E-state index in [-0.39, 0.29) is 12.4 Å². The first kappa shape index (κ1) is 35.7. The number of carbonyl (C=O) groups is 2. The molecule has 0 radical (unpaired) electrons. The average Bonchev–Trinajstić information content (AvgIpc) is 2.88. The van der Waals surface area contributed by atoms with Crippen LogP contribution in [0, 0.1) is 5.92 Å². The topological polar surface area (TPSA) is 63.6 Å². The van der Waals surface area contributed by atoms with Gasteiger partial charge in [-0.05, 0) is 38.5 Å². The Bertz CT molecular complexity index is 528. The van der Waals surface area contributed by atoms with E-state index >= 15 is 0 Å². The van der Waals surface area contributed by atoms with E-state index in [1.165, 1.54) is 128 Å². The van der Waals surface area contributed by atoms with E-state index < -0.39 is 11.9 Å². The van der Waals surface area contributed by atoms with Gasteiger partial charge in [-0.15, -0.1) is 0 Å². The van der Waals surface area contributed by atoms with Crippen molar-refractivity contribution in [3.8, 4) is 0 Å². The van der Waals surface area contributed by atoms with E-state index in [9.17, 15) is 9.59 Å². The Balaban J connectivity index is 3.38. The molecular weight excluding hydrogens is 460 g/mol. The zero-order chi connectivity index (χ0) is 27.2. The normalized spacial score (nSPS) is 12.3. The smallest absolute Gasteiger partial charge is 0.309 e. The molecule has 0 saturated carbocycles. The number of ether oxygens (including phenoxy) is 1. The van der Waals surface area contributed by atoms with Crippen LogP contribution in [0.25, 0.3) is 0 Å². The second kappa shape index (κ2) is 29.2. The lowest BCUT2D eigenvalue weighted by Crippen LogP contribution is -2.21. The molecule has 37 heavy (non-hydrogen) atoms. The van der Waals surface area contributed by atoms with Gasteiger partial charge in [-0.2, -0.15) is 0 Å². The van der Waals surface area contributed by atoms with Crippen molar-refractivity contribution in [3.05, 3.63) is 12.2 Å². The minimum atomic E-state index is -0.917. The third-order valence-corrected chi connectivity index (χ3v) is 7.27. The lowest BCUT2D eigenvalue weighted by atomic mass is 9.97. The summed E-state index contributed by atoms with van der Waals surface area (Å²) in [7, 11) is 0. The molecule has 1 atom stereocenters. The Morgan fingerprint density at radius 1 is 0.595 bits per heavy atom. The predicted molar refractivity (Wildman–Crippen MR) is 158 cm³/mol. The maximum absolute atomic E-state index is 12.0. The van der Waals surface area contributed by atoms with Crippen molar-refractivity contribution in [1.82, 2.24) is 0 Å². The zero-order valence-corrected chi connectivity index (χ0v) is 24.8. The molecule has 0 saturated heterocycles. The fraction of sp³-hybridized carbons (Fsp3) is 0.879. The van der Waals surface area contributed by atoms with Crippen LogP contribution in [0.5, 0.6) is 0 Å².